The van der Waals surface area contributed by atoms with E-state index in [1.54, 1.807) is 13.3 Å². The fraction of sp³-hybridized carbons (Fsp3) is 0.769. The Hall–Kier alpha value is -1.07. The lowest BCUT2D eigenvalue weighted by Gasteiger charge is -2.13. The van der Waals surface area contributed by atoms with Crippen LogP contribution in [0.2, 0.25) is 0 Å². The summed E-state index contributed by atoms with van der Waals surface area (Å²) in [6.07, 6.45) is 1.79. The van der Waals surface area contributed by atoms with Gasteiger partial charge in [0.05, 0.1) is 25.5 Å². The minimum absolute atomic E-state index is 0.647. The molecule has 0 saturated heterocycles. The molecule has 0 aliphatic rings. The van der Waals surface area contributed by atoms with Crippen molar-refractivity contribution in [3.63, 3.8) is 0 Å². The summed E-state index contributed by atoms with van der Waals surface area (Å²) in [5.74, 6) is 1.51. The highest BCUT2D eigenvalue weighted by Gasteiger charge is 2.11. The number of nitrogens with one attached hydrogen (secondary N) is 1. The third-order valence-electron chi connectivity index (χ3n) is 2.73. The van der Waals surface area contributed by atoms with E-state index in [2.05, 4.69) is 43.3 Å². The normalized spacial score (nSPS) is 11.5. The molecular formula is C13H26N4O. The lowest BCUT2D eigenvalue weighted by atomic mass is 10.2. The first kappa shape index (κ1) is 15.0. The van der Waals surface area contributed by atoms with Gasteiger partial charge in [-0.3, -0.25) is 4.68 Å². The maximum atomic E-state index is 5.35. The first-order chi connectivity index (χ1) is 8.54. The fourth-order valence-corrected chi connectivity index (χ4v) is 1.71. The molecule has 18 heavy (non-hydrogen) atoms. The number of ether oxygens (including phenoxy) is 1. The predicted molar refractivity (Wildman–Crippen MR) is 73.9 cm³/mol. The van der Waals surface area contributed by atoms with E-state index in [0.717, 1.165) is 37.6 Å². The molecule has 1 aromatic rings. The van der Waals surface area contributed by atoms with E-state index in [1.807, 2.05) is 4.68 Å². The van der Waals surface area contributed by atoms with Crippen LogP contribution in [0.1, 0.15) is 19.5 Å². The molecule has 5 nitrogen and oxygen atoms in total. The van der Waals surface area contributed by atoms with Gasteiger partial charge in [-0.15, -0.1) is 0 Å². The van der Waals surface area contributed by atoms with E-state index >= 15 is 0 Å². The van der Waals surface area contributed by atoms with Crippen LogP contribution in [0.15, 0.2) is 6.20 Å². The summed E-state index contributed by atoms with van der Waals surface area (Å²) in [6, 6.07) is 0. The standard InChI is InChI=1S/C13H26N4O/c1-11(2)8-14-9-12-13(18-5)10-15-17(12)7-6-16(3)4/h10-11,14H,6-9H2,1-5H3. The second kappa shape index (κ2) is 7.38. The zero-order chi connectivity index (χ0) is 13.5. The average molecular weight is 254 g/mol. The van der Waals surface area contributed by atoms with E-state index in [1.165, 1.54) is 0 Å². The molecule has 1 rings (SSSR count). The summed E-state index contributed by atoms with van der Waals surface area (Å²) in [4.78, 5) is 2.15. The minimum Gasteiger partial charge on any atom is -0.493 e. The van der Waals surface area contributed by atoms with Crippen LogP contribution in [-0.2, 0) is 13.1 Å². The van der Waals surface area contributed by atoms with Gasteiger partial charge in [0, 0.05) is 13.1 Å². The van der Waals surface area contributed by atoms with E-state index in [-0.39, 0.29) is 0 Å². The van der Waals surface area contributed by atoms with Crippen LogP contribution >= 0.6 is 0 Å². The fourth-order valence-electron chi connectivity index (χ4n) is 1.71. The van der Waals surface area contributed by atoms with E-state index in [9.17, 15) is 0 Å². The van der Waals surface area contributed by atoms with Gasteiger partial charge < -0.3 is 15.0 Å². The number of likely N-dealkylation sites (N-methyl/N-ethyl adjacent to an activating group) is 1. The molecule has 0 atom stereocenters. The molecule has 0 amide bonds. The molecule has 1 aromatic heterocycles. The highest BCUT2D eigenvalue weighted by Crippen LogP contribution is 2.17. The average Bonchev–Trinajstić information content (AvgIpc) is 2.68. The smallest absolute Gasteiger partial charge is 0.161 e. The van der Waals surface area contributed by atoms with Crippen LogP contribution in [0.5, 0.6) is 5.75 Å². The Labute approximate surface area is 110 Å². The van der Waals surface area contributed by atoms with Gasteiger partial charge in [-0.05, 0) is 26.6 Å². The number of methoxy groups -OCH3 is 1. The van der Waals surface area contributed by atoms with Gasteiger partial charge in [0.2, 0.25) is 0 Å². The van der Waals surface area contributed by atoms with Crippen LogP contribution in [-0.4, -0.2) is 49.0 Å². The quantitative estimate of drug-likeness (QED) is 0.757. The van der Waals surface area contributed by atoms with E-state index in [4.69, 9.17) is 4.74 Å². The molecule has 5 heteroatoms. The first-order valence-electron chi connectivity index (χ1n) is 6.48. The Bertz CT molecular complexity index is 347. The van der Waals surface area contributed by atoms with E-state index in [0.29, 0.717) is 5.92 Å². The molecule has 0 radical (unpaired) electrons. The van der Waals surface area contributed by atoms with Gasteiger partial charge in [-0.25, -0.2) is 0 Å². The van der Waals surface area contributed by atoms with Gasteiger partial charge in [0.15, 0.2) is 5.75 Å². The molecule has 1 N–H and O–H groups in total. The van der Waals surface area contributed by atoms with Gasteiger partial charge in [-0.2, -0.15) is 5.10 Å². The molecule has 0 fully saturated rings. The molecule has 0 unspecified atom stereocenters. The number of nitrogens with zero attached hydrogens (tertiary/aromatic N) is 3. The molecule has 0 spiro atoms. The number of hydrogen-bond acceptors (Lipinski definition) is 4. The number of hydrogen-bond donors (Lipinski definition) is 1. The van der Waals surface area contributed by atoms with Crippen molar-refractivity contribution in [2.45, 2.75) is 26.9 Å². The predicted octanol–water partition coefficient (Wildman–Crippen LogP) is 1.20. The second-order valence-electron chi connectivity index (χ2n) is 5.21. The largest absolute Gasteiger partial charge is 0.493 e. The third-order valence-corrected chi connectivity index (χ3v) is 2.73. The van der Waals surface area contributed by atoms with Gasteiger partial charge in [0.25, 0.3) is 0 Å². The van der Waals surface area contributed by atoms with Crippen molar-refractivity contribution in [2.75, 3.05) is 34.3 Å². The van der Waals surface area contributed by atoms with Gasteiger partial charge in [0.1, 0.15) is 0 Å². The van der Waals surface area contributed by atoms with Crippen LogP contribution in [0.4, 0.5) is 0 Å². The Balaban J connectivity index is 2.63. The first-order valence-corrected chi connectivity index (χ1v) is 6.48. The summed E-state index contributed by atoms with van der Waals surface area (Å²) < 4.78 is 7.37. The molecule has 104 valence electrons. The van der Waals surface area contributed by atoms with Crippen LogP contribution in [0.25, 0.3) is 0 Å². The molecular weight excluding hydrogens is 228 g/mol. The lowest BCUT2D eigenvalue weighted by Crippen LogP contribution is -2.24. The van der Waals surface area contributed by atoms with Crippen molar-refractivity contribution in [3.05, 3.63) is 11.9 Å². The molecule has 0 aliphatic heterocycles. The summed E-state index contributed by atoms with van der Waals surface area (Å²) >= 11 is 0. The Kier molecular flexibility index (Phi) is 6.15. The van der Waals surface area contributed by atoms with Crippen molar-refractivity contribution in [2.24, 2.45) is 5.92 Å². The van der Waals surface area contributed by atoms with Crippen molar-refractivity contribution < 1.29 is 4.74 Å². The topological polar surface area (TPSA) is 42.3 Å². The van der Waals surface area contributed by atoms with Crippen LogP contribution in [0.3, 0.4) is 0 Å². The summed E-state index contributed by atoms with van der Waals surface area (Å²) in [5, 5.41) is 7.82. The minimum atomic E-state index is 0.647. The number of aromatic nitrogens is 2. The highest BCUT2D eigenvalue weighted by molar-refractivity contribution is 5.25. The van der Waals surface area contributed by atoms with E-state index < -0.39 is 0 Å². The Morgan fingerprint density at radius 2 is 2.17 bits per heavy atom. The molecule has 0 saturated carbocycles. The summed E-state index contributed by atoms with van der Waals surface area (Å²) in [6.45, 7) is 8.06. The zero-order valence-corrected chi connectivity index (χ0v) is 12.2. The molecule has 0 bridgehead atoms. The van der Waals surface area contributed by atoms with Crippen molar-refractivity contribution >= 4 is 0 Å². The Morgan fingerprint density at radius 1 is 1.44 bits per heavy atom. The monoisotopic (exact) mass is 254 g/mol. The number of rotatable bonds is 8. The lowest BCUT2D eigenvalue weighted by molar-refractivity contribution is 0.362. The highest BCUT2D eigenvalue weighted by atomic mass is 16.5. The Morgan fingerprint density at radius 3 is 2.72 bits per heavy atom. The van der Waals surface area contributed by atoms with Crippen LogP contribution < -0.4 is 10.1 Å². The van der Waals surface area contributed by atoms with Crippen LogP contribution in [0, 0.1) is 5.92 Å². The maximum Gasteiger partial charge on any atom is 0.161 e. The SMILES string of the molecule is COc1cnn(CCN(C)C)c1CNCC(C)C. The van der Waals surface area contributed by atoms with Crippen molar-refractivity contribution in [1.82, 2.24) is 20.0 Å². The summed E-state index contributed by atoms with van der Waals surface area (Å²) in [7, 11) is 5.83. The molecule has 0 aliphatic carbocycles. The third kappa shape index (κ3) is 4.66. The summed E-state index contributed by atoms with van der Waals surface area (Å²) in [5.41, 5.74) is 1.12. The zero-order valence-electron chi connectivity index (χ0n) is 12.2. The molecule has 1 heterocycles. The van der Waals surface area contributed by atoms with Crippen molar-refractivity contribution in [1.29, 1.82) is 0 Å². The van der Waals surface area contributed by atoms with Gasteiger partial charge >= 0.3 is 0 Å². The van der Waals surface area contributed by atoms with Crippen molar-refractivity contribution in [3.8, 4) is 5.75 Å². The molecule has 0 aromatic carbocycles. The maximum absolute atomic E-state index is 5.35. The van der Waals surface area contributed by atoms with Gasteiger partial charge in [-0.1, -0.05) is 13.8 Å². The second-order valence-corrected chi connectivity index (χ2v) is 5.21.